The number of sulfonamides is 1. The molecule has 0 atom stereocenters. The van der Waals surface area contributed by atoms with Crippen LogP contribution >= 0.6 is 35.0 Å². The molecule has 0 saturated heterocycles. The van der Waals surface area contributed by atoms with Gasteiger partial charge in [0.25, 0.3) is 15.7 Å². The molecule has 0 aliphatic carbocycles. The minimum absolute atomic E-state index is 0. The van der Waals surface area contributed by atoms with Crippen LogP contribution in [0.1, 0.15) is 11.1 Å². The largest absolute Gasteiger partial charge is 0.277 e. The van der Waals surface area contributed by atoms with Crippen molar-refractivity contribution in [1.29, 1.82) is 5.26 Å². The van der Waals surface area contributed by atoms with Crippen LogP contribution in [0.15, 0.2) is 75.6 Å². The molecule has 175 valence electrons. The zero-order chi connectivity index (χ0) is 24.9. The van der Waals surface area contributed by atoms with E-state index in [0.717, 1.165) is 11.8 Å². The zero-order valence-corrected chi connectivity index (χ0v) is 24.6. The Kier molecular flexibility index (Phi) is 11.0. The van der Waals surface area contributed by atoms with Crippen LogP contribution in [0.3, 0.4) is 0 Å². The first-order valence-corrected chi connectivity index (χ1v) is 12.4. The molecule has 0 aromatic heterocycles. The number of hydrogen-bond acceptors (Lipinski definition) is 8. The Morgan fingerprint density at radius 3 is 2.31 bits per heavy atom. The summed E-state index contributed by atoms with van der Waals surface area (Å²) in [6, 6.07) is 15.2. The predicted molar refractivity (Wildman–Crippen MR) is 138 cm³/mol. The summed E-state index contributed by atoms with van der Waals surface area (Å²) in [5.41, 5.74) is 4.33. The summed E-state index contributed by atoms with van der Waals surface area (Å²) in [4.78, 5) is 10.4. The quantitative estimate of drug-likeness (QED) is 0.0581. The second-order valence-electron chi connectivity index (χ2n) is 6.71. The van der Waals surface area contributed by atoms with Crippen LogP contribution in [-0.4, -0.2) is 69.8 Å². The van der Waals surface area contributed by atoms with Crippen LogP contribution in [0.5, 0.6) is 0 Å². The van der Waals surface area contributed by atoms with E-state index in [-0.39, 0.29) is 66.9 Å². The fraction of sp³-hybridized carbons (Fsp3) is 0.0476. The number of benzene rings is 3. The molecule has 0 aliphatic rings. The smallest absolute Gasteiger partial charge is 0.271 e. The average molecular weight is 576 g/mol. The number of nitrogens with one attached hydrogen (secondary N) is 2. The Labute approximate surface area is 258 Å². The topological polar surface area (TPSA) is 137 Å². The minimum atomic E-state index is -4.15. The number of nitro benzene ring substituents is 1. The van der Waals surface area contributed by atoms with Crippen molar-refractivity contribution < 1.29 is 13.3 Å². The number of hydrazone groups is 1. The molecule has 3 rings (SSSR count). The molecule has 9 nitrogen and oxygen atoms in total. The van der Waals surface area contributed by atoms with Gasteiger partial charge in [-0.05, 0) is 48.9 Å². The van der Waals surface area contributed by atoms with Gasteiger partial charge in [0, 0.05) is 84.0 Å². The third-order valence-electron chi connectivity index (χ3n) is 4.36. The molecule has 0 amide bonds. The van der Waals surface area contributed by atoms with Crippen molar-refractivity contribution in [3.05, 3.63) is 92.0 Å². The zero-order valence-electron chi connectivity index (χ0n) is 18.3. The van der Waals surface area contributed by atoms with Gasteiger partial charge >= 0.3 is 0 Å². The number of hydrogen-bond donors (Lipinski definition) is 2. The normalized spacial score (nSPS) is 11.2. The monoisotopic (exact) mass is 574 g/mol. The number of halogens is 2. The molecular weight excluding hydrogens is 560 g/mol. The fourth-order valence-electron chi connectivity index (χ4n) is 2.66. The Morgan fingerprint density at radius 2 is 1.74 bits per heavy atom. The van der Waals surface area contributed by atoms with Gasteiger partial charge in [-0.25, -0.2) is 13.1 Å². The molecule has 3 aromatic rings. The van der Waals surface area contributed by atoms with Gasteiger partial charge in [-0.3, -0.25) is 15.5 Å². The Balaban J connectivity index is 0.00000432. The summed E-state index contributed by atoms with van der Waals surface area (Å²) < 4.78 is 27.1. The molecule has 2 N–H and O–H groups in total. The summed E-state index contributed by atoms with van der Waals surface area (Å²) >= 11 is 13.3. The first-order valence-electron chi connectivity index (χ1n) is 9.33. The number of nitro groups is 1. The molecule has 0 aliphatic heterocycles. The van der Waals surface area contributed by atoms with Crippen molar-refractivity contribution in [2.24, 2.45) is 5.10 Å². The summed E-state index contributed by atoms with van der Waals surface area (Å²) in [5, 5.41) is 25.3. The van der Waals surface area contributed by atoms with Crippen molar-refractivity contribution in [2.45, 2.75) is 16.7 Å². The Morgan fingerprint density at radius 1 is 1.11 bits per heavy atom. The molecule has 0 heterocycles. The standard InChI is InChI=1S/C21H15Cl2N5O4S2.K/c1-13-10-20(34(31,32)25-12-24)19(11-18(13)23)33-21(14-2-4-15(22)5-3-14)27-26-16-6-8-17(9-7-16)28(29)30;/h2-11,25-26H,1H3;/b27-21-;. The summed E-state index contributed by atoms with van der Waals surface area (Å²) in [6.07, 6.45) is 1.43. The second kappa shape index (κ2) is 13.0. The van der Waals surface area contributed by atoms with Crippen molar-refractivity contribution in [1.82, 2.24) is 4.72 Å². The first-order chi connectivity index (χ1) is 16.1. The molecule has 3 aromatic carbocycles. The van der Waals surface area contributed by atoms with Crippen LogP contribution in [-0.2, 0) is 10.0 Å². The van der Waals surface area contributed by atoms with Gasteiger partial charge in [0.15, 0.2) is 6.19 Å². The number of non-ortho nitro benzene ring substituents is 1. The van der Waals surface area contributed by atoms with Gasteiger partial charge in [0.05, 0.1) is 10.6 Å². The molecule has 1 radical (unpaired) electrons. The third kappa shape index (κ3) is 7.91. The van der Waals surface area contributed by atoms with Gasteiger partial charge in [0.2, 0.25) is 0 Å². The maximum atomic E-state index is 12.6. The molecule has 0 bridgehead atoms. The number of anilines is 1. The van der Waals surface area contributed by atoms with E-state index in [4.69, 9.17) is 28.5 Å². The van der Waals surface area contributed by atoms with Crippen molar-refractivity contribution in [3.8, 4) is 6.19 Å². The van der Waals surface area contributed by atoms with E-state index < -0.39 is 14.9 Å². The van der Waals surface area contributed by atoms with E-state index in [1.807, 2.05) is 4.72 Å². The van der Waals surface area contributed by atoms with E-state index in [0.29, 0.717) is 31.9 Å². The van der Waals surface area contributed by atoms with E-state index in [1.165, 1.54) is 42.6 Å². The second-order valence-corrected chi connectivity index (χ2v) is 10.2. The first kappa shape index (κ1) is 29.6. The van der Waals surface area contributed by atoms with Crippen LogP contribution in [0, 0.1) is 28.5 Å². The average Bonchev–Trinajstić information content (AvgIpc) is 2.79. The summed E-state index contributed by atoms with van der Waals surface area (Å²) in [7, 11) is -4.15. The van der Waals surface area contributed by atoms with Crippen LogP contribution in [0.2, 0.25) is 10.0 Å². The Hall–Kier alpha value is -1.66. The maximum Gasteiger partial charge on any atom is 0.271 e. The van der Waals surface area contributed by atoms with Gasteiger partial charge in [-0.1, -0.05) is 47.1 Å². The molecule has 0 fully saturated rings. The van der Waals surface area contributed by atoms with Crippen LogP contribution in [0.25, 0.3) is 0 Å². The van der Waals surface area contributed by atoms with Gasteiger partial charge in [-0.15, -0.1) is 0 Å². The fourth-order valence-corrected chi connectivity index (χ4v) is 5.24. The SMILES string of the molecule is Cc1cc(S(=O)(=O)NC#N)c(S/C(=N\Nc2ccc([N+](=O)[O-])cc2)c2ccc(Cl)cc2)cc1Cl.[K]. The van der Waals surface area contributed by atoms with Gasteiger partial charge in [0.1, 0.15) is 9.94 Å². The van der Waals surface area contributed by atoms with Crippen molar-refractivity contribution in [2.75, 3.05) is 5.43 Å². The molecule has 35 heavy (non-hydrogen) atoms. The molecule has 0 saturated carbocycles. The van der Waals surface area contributed by atoms with Gasteiger partial charge in [-0.2, -0.15) is 10.4 Å². The summed E-state index contributed by atoms with van der Waals surface area (Å²) in [6.45, 7) is 1.65. The minimum Gasteiger partial charge on any atom is -0.277 e. The number of aryl methyl sites for hydroxylation is 1. The molecule has 0 spiro atoms. The van der Waals surface area contributed by atoms with Crippen molar-refractivity contribution >= 4 is 113 Å². The van der Waals surface area contributed by atoms with E-state index >= 15 is 0 Å². The maximum absolute atomic E-state index is 12.6. The Bertz CT molecular complexity index is 1410. The van der Waals surface area contributed by atoms with Gasteiger partial charge < -0.3 is 0 Å². The predicted octanol–water partition coefficient (Wildman–Crippen LogP) is 5.15. The number of nitriles is 1. The summed E-state index contributed by atoms with van der Waals surface area (Å²) in [5.74, 6) is 0. The van der Waals surface area contributed by atoms with Crippen LogP contribution < -0.4 is 10.1 Å². The number of nitrogens with zero attached hydrogens (tertiary/aromatic N) is 3. The van der Waals surface area contributed by atoms with Crippen molar-refractivity contribution in [3.63, 3.8) is 0 Å². The molecule has 14 heteroatoms. The third-order valence-corrected chi connectivity index (χ3v) is 7.50. The van der Waals surface area contributed by atoms with E-state index in [9.17, 15) is 18.5 Å². The van der Waals surface area contributed by atoms with E-state index in [2.05, 4.69) is 10.5 Å². The number of rotatable bonds is 7. The molecular formula is C21H15Cl2KN5O4S2. The van der Waals surface area contributed by atoms with Crippen LogP contribution in [0.4, 0.5) is 11.4 Å². The number of thioether (sulfide) groups is 1. The molecule has 0 unspecified atom stereocenters. The van der Waals surface area contributed by atoms with E-state index in [1.54, 1.807) is 31.2 Å².